The summed E-state index contributed by atoms with van der Waals surface area (Å²) in [6.45, 7) is 1.54. The van der Waals surface area contributed by atoms with Crippen LogP contribution in [0.4, 0.5) is 5.13 Å². The van der Waals surface area contributed by atoms with Crippen molar-refractivity contribution in [3.63, 3.8) is 0 Å². The first kappa shape index (κ1) is 17.2. The summed E-state index contributed by atoms with van der Waals surface area (Å²) in [5, 5.41) is 11.6. The van der Waals surface area contributed by atoms with E-state index < -0.39 is 15.7 Å². The van der Waals surface area contributed by atoms with Gasteiger partial charge in [-0.1, -0.05) is 60.7 Å². The van der Waals surface area contributed by atoms with Gasteiger partial charge in [0, 0.05) is 5.56 Å². The number of carbonyl (C=O) groups excluding carboxylic acids is 1. The molecule has 0 radical (unpaired) electrons. The molecule has 0 aliphatic heterocycles. The van der Waals surface area contributed by atoms with Crippen molar-refractivity contribution in [3.8, 4) is 10.6 Å². The van der Waals surface area contributed by atoms with Crippen molar-refractivity contribution in [2.24, 2.45) is 0 Å². The molecule has 3 rings (SSSR count). The van der Waals surface area contributed by atoms with Crippen molar-refractivity contribution in [2.75, 3.05) is 11.1 Å². The Labute approximate surface area is 149 Å². The minimum atomic E-state index is -3.50. The summed E-state index contributed by atoms with van der Waals surface area (Å²) in [6.07, 6.45) is 0. The van der Waals surface area contributed by atoms with Crippen LogP contribution in [0.3, 0.4) is 0 Å². The Morgan fingerprint density at radius 3 is 2.44 bits per heavy atom. The highest BCUT2D eigenvalue weighted by molar-refractivity contribution is 7.91. The molecule has 6 nitrogen and oxygen atoms in total. The van der Waals surface area contributed by atoms with Crippen LogP contribution in [0.25, 0.3) is 10.6 Å². The van der Waals surface area contributed by atoms with E-state index in [0.717, 1.165) is 5.56 Å². The number of nitrogens with zero attached hydrogens (tertiary/aromatic N) is 2. The molecule has 0 aliphatic rings. The predicted octanol–water partition coefficient (Wildman–Crippen LogP) is 3.25. The molecule has 0 bridgehead atoms. The molecule has 1 aromatic heterocycles. The average molecular weight is 373 g/mol. The number of hydrogen-bond donors (Lipinski definition) is 1. The molecule has 0 saturated heterocycles. The van der Waals surface area contributed by atoms with Gasteiger partial charge in [-0.3, -0.25) is 10.1 Å². The summed E-state index contributed by atoms with van der Waals surface area (Å²) < 4.78 is 24.3. The largest absolute Gasteiger partial charge is 0.296 e. The molecule has 1 amide bonds. The second-order valence-corrected chi connectivity index (χ2v) is 8.36. The Balaban J connectivity index is 1.86. The topological polar surface area (TPSA) is 89.0 Å². The first-order chi connectivity index (χ1) is 12.0. The summed E-state index contributed by atoms with van der Waals surface area (Å²) in [4.78, 5) is 12.5. The van der Waals surface area contributed by atoms with E-state index in [2.05, 4.69) is 15.5 Å². The normalized spacial score (nSPS) is 11.2. The van der Waals surface area contributed by atoms with Gasteiger partial charge in [-0.15, -0.1) is 10.2 Å². The minimum absolute atomic E-state index is 0.0165. The van der Waals surface area contributed by atoms with Gasteiger partial charge in [0.05, 0.1) is 16.2 Å². The zero-order valence-corrected chi connectivity index (χ0v) is 15.0. The molecular formula is C17H15N3O3S2. The zero-order chi connectivity index (χ0) is 17.9. The SMILES string of the molecule is CCS(=O)(=O)c1ccccc1C(=O)Nc1nnc(-c2ccccc2)s1. The van der Waals surface area contributed by atoms with Gasteiger partial charge in [0.2, 0.25) is 5.13 Å². The smallest absolute Gasteiger partial charge is 0.258 e. The maximum atomic E-state index is 12.5. The van der Waals surface area contributed by atoms with Crippen molar-refractivity contribution in [1.82, 2.24) is 10.2 Å². The van der Waals surface area contributed by atoms with Gasteiger partial charge in [0.25, 0.3) is 5.91 Å². The van der Waals surface area contributed by atoms with Crippen molar-refractivity contribution in [2.45, 2.75) is 11.8 Å². The molecule has 0 fully saturated rings. The molecule has 2 aromatic carbocycles. The van der Waals surface area contributed by atoms with E-state index in [-0.39, 0.29) is 16.2 Å². The number of sulfone groups is 1. The van der Waals surface area contributed by atoms with Crippen LogP contribution >= 0.6 is 11.3 Å². The third-order valence-electron chi connectivity index (χ3n) is 3.51. The number of nitrogens with one attached hydrogen (secondary N) is 1. The first-order valence-electron chi connectivity index (χ1n) is 7.53. The van der Waals surface area contributed by atoms with Crippen LogP contribution in [-0.2, 0) is 9.84 Å². The summed E-state index contributed by atoms with van der Waals surface area (Å²) in [7, 11) is -3.50. The fraction of sp³-hybridized carbons (Fsp3) is 0.118. The second-order valence-electron chi connectivity index (χ2n) is 5.13. The highest BCUT2D eigenvalue weighted by Gasteiger charge is 2.21. The molecule has 8 heteroatoms. The summed E-state index contributed by atoms with van der Waals surface area (Å²) in [5.41, 5.74) is 0.996. The van der Waals surface area contributed by atoms with Crippen LogP contribution in [0.5, 0.6) is 0 Å². The van der Waals surface area contributed by atoms with Crippen LogP contribution in [-0.4, -0.2) is 30.3 Å². The summed E-state index contributed by atoms with van der Waals surface area (Å²) >= 11 is 1.22. The second kappa shape index (κ2) is 7.12. The van der Waals surface area contributed by atoms with Gasteiger partial charge < -0.3 is 0 Å². The van der Waals surface area contributed by atoms with E-state index in [1.54, 1.807) is 19.1 Å². The van der Waals surface area contributed by atoms with Gasteiger partial charge in [-0.2, -0.15) is 0 Å². The number of carbonyl (C=O) groups is 1. The number of aromatic nitrogens is 2. The fourth-order valence-electron chi connectivity index (χ4n) is 2.22. The van der Waals surface area contributed by atoms with E-state index >= 15 is 0 Å². The lowest BCUT2D eigenvalue weighted by molar-refractivity contribution is 0.102. The molecule has 0 saturated carbocycles. The third-order valence-corrected chi connectivity index (χ3v) is 6.19. The molecule has 0 aliphatic carbocycles. The van der Waals surface area contributed by atoms with Gasteiger partial charge in [-0.05, 0) is 12.1 Å². The molecule has 0 atom stereocenters. The van der Waals surface area contributed by atoms with Crippen LogP contribution in [0.15, 0.2) is 59.5 Å². The Bertz CT molecular complexity index is 999. The van der Waals surface area contributed by atoms with Crippen LogP contribution in [0.2, 0.25) is 0 Å². The van der Waals surface area contributed by atoms with Crippen LogP contribution < -0.4 is 5.32 Å². The van der Waals surface area contributed by atoms with Crippen LogP contribution in [0, 0.1) is 0 Å². The number of amides is 1. The Hall–Kier alpha value is -2.58. The van der Waals surface area contributed by atoms with Gasteiger partial charge in [-0.25, -0.2) is 8.42 Å². The molecular weight excluding hydrogens is 358 g/mol. The lowest BCUT2D eigenvalue weighted by Crippen LogP contribution is -2.17. The van der Waals surface area contributed by atoms with Gasteiger partial charge >= 0.3 is 0 Å². The van der Waals surface area contributed by atoms with Crippen molar-refractivity contribution in [1.29, 1.82) is 0 Å². The fourth-order valence-corrected chi connectivity index (χ4v) is 4.05. The number of hydrogen-bond acceptors (Lipinski definition) is 6. The minimum Gasteiger partial charge on any atom is -0.296 e. The lowest BCUT2D eigenvalue weighted by atomic mass is 10.2. The standard InChI is InChI=1S/C17H15N3O3S2/c1-2-25(22,23)14-11-7-6-10-13(14)15(21)18-17-20-19-16(24-17)12-8-4-3-5-9-12/h3-11H,2H2,1H3,(H,18,20,21). The zero-order valence-electron chi connectivity index (χ0n) is 13.3. The van der Waals surface area contributed by atoms with E-state index in [1.165, 1.54) is 23.5 Å². The maximum Gasteiger partial charge on any atom is 0.258 e. The molecule has 1 heterocycles. The monoisotopic (exact) mass is 373 g/mol. The van der Waals surface area contributed by atoms with Gasteiger partial charge in [0.15, 0.2) is 9.84 Å². The average Bonchev–Trinajstić information content (AvgIpc) is 3.11. The van der Waals surface area contributed by atoms with Crippen molar-refractivity contribution >= 4 is 32.2 Å². The number of rotatable bonds is 5. The third kappa shape index (κ3) is 3.75. The highest BCUT2D eigenvalue weighted by atomic mass is 32.2. The molecule has 0 unspecified atom stereocenters. The lowest BCUT2D eigenvalue weighted by Gasteiger charge is -2.08. The van der Waals surface area contributed by atoms with E-state index in [4.69, 9.17) is 0 Å². The molecule has 128 valence electrons. The van der Waals surface area contributed by atoms with Crippen LogP contribution in [0.1, 0.15) is 17.3 Å². The Morgan fingerprint density at radius 1 is 1.04 bits per heavy atom. The van der Waals surface area contributed by atoms with Gasteiger partial charge in [0.1, 0.15) is 5.01 Å². The van der Waals surface area contributed by atoms with E-state index in [1.807, 2.05) is 30.3 Å². The molecule has 1 N–H and O–H groups in total. The Kier molecular flexibility index (Phi) is 4.91. The van der Waals surface area contributed by atoms with Crippen molar-refractivity contribution < 1.29 is 13.2 Å². The maximum absolute atomic E-state index is 12.5. The predicted molar refractivity (Wildman–Crippen MR) is 97.5 cm³/mol. The van der Waals surface area contributed by atoms with Crippen molar-refractivity contribution in [3.05, 3.63) is 60.2 Å². The van der Waals surface area contributed by atoms with E-state index in [0.29, 0.717) is 10.1 Å². The molecule has 0 spiro atoms. The summed E-state index contributed by atoms with van der Waals surface area (Å²) in [5.74, 6) is -0.600. The van der Waals surface area contributed by atoms with E-state index in [9.17, 15) is 13.2 Å². The Morgan fingerprint density at radius 2 is 1.72 bits per heavy atom. The first-order valence-corrected chi connectivity index (χ1v) is 10.00. The quantitative estimate of drug-likeness (QED) is 0.741. The molecule has 25 heavy (non-hydrogen) atoms. The number of anilines is 1. The summed E-state index contributed by atoms with van der Waals surface area (Å²) in [6, 6.07) is 15.6. The number of benzene rings is 2. The highest BCUT2D eigenvalue weighted by Crippen LogP contribution is 2.27. The molecule has 3 aromatic rings.